The third-order valence-electron chi connectivity index (χ3n) is 4.50. The predicted molar refractivity (Wildman–Crippen MR) is 120 cm³/mol. The number of nitrogens with zero attached hydrogens (tertiary/aromatic N) is 2. The Morgan fingerprint density at radius 1 is 1.04 bits per heavy atom. The molecule has 0 saturated carbocycles. The summed E-state index contributed by atoms with van der Waals surface area (Å²) in [4.78, 5) is 20.2. The van der Waals surface area contributed by atoms with Crippen LogP contribution in [0.5, 0.6) is 0 Å². The Balaban J connectivity index is 1.73. The standard InChI is InChI=1S/C23H19ClN2OS/c1-2-14-26-22(27)21(28-23(26)25-19-12-10-18(24)11-13-19)15-17-8-5-7-16-6-3-4-9-20(16)17/h3-13,15H,2,14H2,1H3/b21-15-,25-23?. The van der Waals surface area contributed by atoms with E-state index in [1.807, 2.05) is 42.5 Å². The lowest BCUT2D eigenvalue weighted by atomic mass is 10.0. The number of amidine groups is 1. The van der Waals surface area contributed by atoms with Crippen LogP contribution >= 0.6 is 23.4 Å². The van der Waals surface area contributed by atoms with Crippen LogP contribution in [0.2, 0.25) is 5.02 Å². The quantitative estimate of drug-likeness (QED) is 0.463. The van der Waals surface area contributed by atoms with E-state index in [9.17, 15) is 4.79 Å². The van der Waals surface area contributed by atoms with E-state index in [0.29, 0.717) is 21.6 Å². The Bertz CT molecular complexity index is 1080. The number of halogens is 1. The smallest absolute Gasteiger partial charge is 0.266 e. The van der Waals surface area contributed by atoms with Crippen molar-refractivity contribution < 1.29 is 4.79 Å². The van der Waals surface area contributed by atoms with Crippen molar-refractivity contribution >= 4 is 57.0 Å². The maximum absolute atomic E-state index is 13.0. The number of carbonyl (C=O) groups is 1. The van der Waals surface area contributed by atoms with Crippen LogP contribution in [-0.4, -0.2) is 22.5 Å². The molecule has 1 aliphatic rings. The van der Waals surface area contributed by atoms with Crippen LogP contribution in [0.25, 0.3) is 16.8 Å². The van der Waals surface area contributed by atoms with E-state index in [0.717, 1.165) is 28.4 Å². The zero-order chi connectivity index (χ0) is 19.5. The van der Waals surface area contributed by atoms with Gasteiger partial charge in [-0.1, -0.05) is 61.0 Å². The van der Waals surface area contributed by atoms with Gasteiger partial charge in [0.25, 0.3) is 5.91 Å². The lowest BCUT2D eigenvalue weighted by Crippen LogP contribution is -2.29. The van der Waals surface area contributed by atoms with Gasteiger partial charge < -0.3 is 0 Å². The summed E-state index contributed by atoms with van der Waals surface area (Å²) in [7, 11) is 0. The maximum Gasteiger partial charge on any atom is 0.266 e. The average molecular weight is 407 g/mol. The second kappa shape index (κ2) is 8.21. The monoisotopic (exact) mass is 406 g/mol. The summed E-state index contributed by atoms with van der Waals surface area (Å²) >= 11 is 7.39. The van der Waals surface area contributed by atoms with Crippen LogP contribution in [0.3, 0.4) is 0 Å². The minimum absolute atomic E-state index is 0.00694. The molecule has 3 aromatic rings. The zero-order valence-corrected chi connectivity index (χ0v) is 17.0. The van der Waals surface area contributed by atoms with E-state index in [1.54, 1.807) is 17.0 Å². The zero-order valence-electron chi connectivity index (χ0n) is 15.4. The SMILES string of the molecule is CCCN1C(=O)/C(=C/c2cccc3ccccc23)SC1=Nc1ccc(Cl)cc1. The van der Waals surface area contributed by atoms with Crippen molar-refractivity contribution in [2.24, 2.45) is 4.99 Å². The number of hydrogen-bond donors (Lipinski definition) is 0. The molecule has 5 heteroatoms. The van der Waals surface area contributed by atoms with Gasteiger partial charge in [0.2, 0.25) is 0 Å². The van der Waals surface area contributed by atoms with Crippen LogP contribution in [0.1, 0.15) is 18.9 Å². The number of thioether (sulfide) groups is 1. The molecule has 140 valence electrons. The van der Waals surface area contributed by atoms with E-state index < -0.39 is 0 Å². The Morgan fingerprint density at radius 2 is 1.79 bits per heavy atom. The van der Waals surface area contributed by atoms with Gasteiger partial charge in [0.05, 0.1) is 10.6 Å². The lowest BCUT2D eigenvalue weighted by molar-refractivity contribution is -0.122. The van der Waals surface area contributed by atoms with Gasteiger partial charge in [-0.05, 0) is 64.9 Å². The summed E-state index contributed by atoms with van der Waals surface area (Å²) in [6, 6.07) is 21.7. The number of benzene rings is 3. The largest absolute Gasteiger partial charge is 0.286 e. The number of fused-ring (bicyclic) bond motifs is 1. The molecular weight excluding hydrogens is 388 g/mol. The molecule has 1 saturated heterocycles. The van der Waals surface area contributed by atoms with Crippen molar-refractivity contribution in [1.29, 1.82) is 0 Å². The molecule has 3 aromatic carbocycles. The highest BCUT2D eigenvalue weighted by atomic mass is 35.5. The minimum Gasteiger partial charge on any atom is -0.286 e. The van der Waals surface area contributed by atoms with Gasteiger partial charge in [-0.15, -0.1) is 0 Å². The fourth-order valence-electron chi connectivity index (χ4n) is 3.16. The molecule has 1 amide bonds. The highest BCUT2D eigenvalue weighted by Gasteiger charge is 2.32. The maximum atomic E-state index is 13.0. The van der Waals surface area contributed by atoms with Gasteiger partial charge in [0, 0.05) is 11.6 Å². The molecular formula is C23H19ClN2OS. The van der Waals surface area contributed by atoms with Crippen molar-refractivity contribution in [3.63, 3.8) is 0 Å². The van der Waals surface area contributed by atoms with Crippen LogP contribution in [0.4, 0.5) is 5.69 Å². The molecule has 0 radical (unpaired) electrons. The van der Waals surface area contributed by atoms with Crippen molar-refractivity contribution in [3.05, 3.63) is 82.2 Å². The van der Waals surface area contributed by atoms with Crippen LogP contribution in [0.15, 0.2) is 76.6 Å². The summed E-state index contributed by atoms with van der Waals surface area (Å²) in [5.74, 6) is 0.00694. The first-order valence-corrected chi connectivity index (χ1v) is 10.4. The van der Waals surface area contributed by atoms with E-state index in [4.69, 9.17) is 11.6 Å². The third-order valence-corrected chi connectivity index (χ3v) is 5.76. The van der Waals surface area contributed by atoms with Crippen molar-refractivity contribution in [2.45, 2.75) is 13.3 Å². The number of rotatable bonds is 4. The molecule has 0 spiro atoms. The highest BCUT2D eigenvalue weighted by molar-refractivity contribution is 8.18. The predicted octanol–water partition coefficient (Wildman–Crippen LogP) is 6.51. The molecule has 4 rings (SSSR count). The van der Waals surface area contributed by atoms with Gasteiger partial charge in [0.1, 0.15) is 0 Å². The Hall–Kier alpha value is -2.56. The molecule has 1 aliphatic heterocycles. The summed E-state index contributed by atoms with van der Waals surface area (Å²) in [5.41, 5.74) is 1.82. The second-order valence-corrected chi connectivity index (χ2v) is 7.95. The van der Waals surface area contributed by atoms with E-state index >= 15 is 0 Å². The molecule has 0 aromatic heterocycles. The number of carbonyl (C=O) groups excluding carboxylic acids is 1. The average Bonchev–Trinajstić information content (AvgIpc) is 2.99. The van der Waals surface area contributed by atoms with Crippen LogP contribution in [-0.2, 0) is 4.79 Å². The summed E-state index contributed by atoms with van der Waals surface area (Å²) in [6.45, 7) is 2.70. The summed E-state index contributed by atoms with van der Waals surface area (Å²) < 4.78 is 0. The minimum atomic E-state index is 0.00694. The number of hydrogen-bond acceptors (Lipinski definition) is 3. The molecule has 0 atom stereocenters. The van der Waals surface area contributed by atoms with Crippen molar-refractivity contribution in [2.75, 3.05) is 6.54 Å². The molecule has 1 fully saturated rings. The van der Waals surface area contributed by atoms with Gasteiger partial charge in [-0.25, -0.2) is 4.99 Å². The first-order valence-electron chi connectivity index (χ1n) is 9.19. The summed E-state index contributed by atoms with van der Waals surface area (Å²) in [5, 5.41) is 3.67. The molecule has 0 unspecified atom stereocenters. The second-order valence-electron chi connectivity index (χ2n) is 6.51. The normalized spacial score (nSPS) is 17.2. The number of amides is 1. The summed E-state index contributed by atoms with van der Waals surface area (Å²) in [6.07, 6.45) is 2.84. The van der Waals surface area contributed by atoms with E-state index in [2.05, 4.69) is 30.1 Å². The van der Waals surface area contributed by atoms with Crippen molar-refractivity contribution in [1.82, 2.24) is 4.90 Å². The highest BCUT2D eigenvalue weighted by Crippen LogP contribution is 2.35. The van der Waals surface area contributed by atoms with Gasteiger partial charge in [-0.3, -0.25) is 9.69 Å². The molecule has 0 N–H and O–H groups in total. The first kappa shape index (κ1) is 18.8. The molecule has 1 heterocycles. The molecule has 28 heavy (non-hydrogen) atoms. The third kappa shape index (κ3) is 3.84. The molecule has 3 nitrogen and oxygen atoms in total. The van der Waals surface area contributed by atoms with Crippen molar-refractivity contribution in [3.8, 4) is 0 Å². The molecule has 0 aliphatic carbocycles. The van der Waals surface area contributed by atoms with Gasteiger partial charge in [-0.2, -0.15) is 0 Å². The first-order chi connectivity index (χ1) is 13.7. The Labute approximate surface area is 173 Å². The van der Waals surface area contributed by atoms with Gasteiger partial charge >= 0.3 is 0 Å². The van der Waals surface area contributed by atoms with E-state index in [-0.39, 0.29) is 5.91 Å². The lowest BCUT2D eigenvalue weighted by Gasteiger charge is -2.13. The number of aliphatic imine (C=N–C) groups is 1. The Kier molecular flexibility index (Phi) is 5.51. The van der Waals surface area contributed by atoms with Crippen LogP contribution < -0.4 is 0 Å². The topological polar surface area (TPSA) is 32.7 Å². The fourth-order valence-corrected chi connectivity index (χ4v) is 4.30. The van der Waals surface area contributed by atoms with Gasteiger partial charge in [0.15, 0.2) is 5.17 Å². The van der Waals surface area contributed by atoms with E-state index in [1.165, 1.54) is 11.8 Å². The molecule has 0 bridgehead atoms. The Morgan fingerprint density at radius 3 is 2.57 bits per heavy atom. The van der Waals surface area contributed by atoms with Crippen LogP contribution in [0, 0.1) is 0 Å². The fraction of sp³-hybridized carbons (Fsp3) is 0.130.